The topological polar surface area (TPSA) is 38.4 Å². The SMILES string of the molecule is CC(C)(C)N=P(C)(Cl)C(C)(C)CN. The van der Waals surface area contributed by atoms with Gasteiger partial charge in [-0.25, -0.2) is 0 Å². The molecule has 1 atom stereocenters. The van der Waals surface area contributed by atoms with E-state index in [1.165, 1.54) is 0 Å². The molecular weight excluding hydrogens is 203 g/mol. The maximum absolute atomic E-state index is 6.48. The minimum Gasteiger partial charge on any atom is -0.329 e. The van der Waals surface area contributed by atoms with Gasteiger partial charge in [0.2, 0.25) is 0 Å². The van der Waals surface area contributed by atoms with Gasteiger partial charge in [-0.15, -0.1) is 0 Å². The number of nitrogens with zero attached hydrogens (tertiary/aromatic N) is 1. The fraction of sp³-hybridized carbons (Fsp3) is 1.00. The lowest BCUT2D eigenvalue weighted by Gasteiger charge is -2.33. The smallest absolute Gasteiger partial charge is 0.0592 e. The first-order chi connectivity index (χ1) is 5.52. The van der Waals surface area contributed by atoms with Crippen molar-refractivity contribution in [2.24, 2.45) is 10.5 Å². The van der Waals surface area contributed by atoms with Crippen molar-refractivity contribution in [1.82, 2.24) is 0 Å². The van der Waals surface area contributed by atoms with Gasteiger partial charge in [-0.3, -0.25) is 4.74 Å². The summed E-state index contributed by atoms with van der Waals surface area (Å²) < 4.78 is 4.68. The fourth-order valence-corrected chi connectivity index (χ4v) is 3.48. The van der Waals surface area contributed by atoms with Crippen molar-refractivity contribution in [3.63, 3.8) is 0 Å². The molecule has 4 heteroatoms. The number of nitrogens with two attached hydrogens (primary N) is 1. The van der Waals surface area contributed by atoms with E-state index in [0.29, 0.717) is 6.54 Å². The van der Waals surface area contributed by atoms with Crippen LogP contribution in [0.4, 0.5) is 0 Å². The maximum Gasteiger partial charge on any atom is 0.0592 e. The first kappa shape index (κ1) is 13.5. The molecular formula is C9H22ClN2P. The molecule has 0 aliphatic carbocycles. The largest absolute Gasteiger partial charge is 0.329 e. The minimum absolute atomic E-state index is 0.0676. The van der Waals surface area contributed by atoms with Crippen molar-refractivity contribution in [3.05, 3.63) is 0 Å². The van der Waals surface area contributed by atoms with Crippen molar-refractivity contribution in [2.75, 3.05) is 13.2 Å². The average molecular weight is 225 g/mol. The van der Waals surface area contributed by atoms with Crippen LogP contribution in [-0.4, -0.2) is 23.9 Å². The van der Waals surface area contributed by atoms with Crippen LogP contribution in [0.15, 0.2) is 4.74 Å². The highest BCUT2D eigenvalue weighted by Gasteiger charge is 2.32. The van der Waals surface area contributed by atoms with E-state index in [9.17, 15) is 0 Å². The Morgan fingerprint density at radius 3 is 1.85 bits per heavy atom. The lowest BCUT2D eigenvalue weighted by Crippen LogP contribution is -2.30. The van der Waals surface area contributed by atoms with E-state index in [0.717, 1.165) is 0 Å². The third kappa shape index (κ3) is 4.01. The van der Waals surface area contributed by atoms with Crippen molar-refractivity contribution >= 4 is 17.6 Å². The molecule has 0 heterocycles. The molecule has 2 nitrogen and oxygen atoms in total. The van der Waals surface area contributed by atoms with Gasteiger partial charge in [0.15, 0.2) is 0 Å². The molecule has 0 aromatic rings. The van der Waals surface area contributed by atoms with E-state index in [1.807, 2.05) is 6.66 Å². The molecule has 0 aliphatic heterocycles. The van der Waals surface area contributed by atoms with Crippen LogP contribution in [0.5, 0.6) is 0 Å². The van der Waals surface area contributed by atoms with Gasteiger partial charge in [-0.1, -0.05) is 25.1 Å². The summed E-state index contributed by atoms with van der Waals surface area (Å²) in [5.41, 5.74) is 5.62. The van der Waals surface area contributed by atoms with E-state index in [2.05, 4.69) is 39.4 Å². The second kappa shape index (κ2) is 3.92. The summed E-state index contributed by atoms with van der Waals surface area (Å²) >= 11 is 6.48. The fourth-order valence-electron chi connectivity index (χ4n) is 0.865. The van der Waals surface area contributed by atoms with Gasteiger partial charge in [-0.05, 0) is 27.4 Å². The molecule has 0 aliphatic rings. The second-order valence-electron chi connectivity index (χ2n) is 5.14. The molecule has 2 N–H and O–H groups in total. The number of hydrogen-bond donors (Lipinski definition) is 1. The standard InChI is InChI=1S/C9H22ClN2P/c1-8(2,3)12-13(6,10)9(4,5)7-11/h7,11H2,1-6H3. The zero-order valence-electron chi connectivity index (χ0n) is 9.56. The Hall–Kier alpha value is 0.480. The van der Waals surface area contributed by atoms with E-state index < -0.39 is 6.41 Å². The van der Waals surface area contributed by atoms with Gasteiger partial charge in [0, 0.05) is 11.7 Å². The first-order valence-electron chi connectivity index (χ1n) is 4.53. The molecule has 0 radical (unpaired) electrons. The van der Waals surface area contributed by atoms with Crippen LogP contribution in [0.25, 0.3) is 0 Å². The maximum atomic E-state index is 6.48. The molecule has 0 aromatic heterocycles. The first-order valence-corrected chi connectivity index (χ1v) is 7.62. The Labute approximate surface area is 87.1 Å². The summed E-state index contributed by atoms with van der Waals surface area (Å²) in [6.07, 6.45) is -1.79. The van der Waals surface area contributed by atoms with Crippen molar-refractivity contribution in [1.29, 1.82) is 0 Å². The number of rotatable bonds is 2. The summed E-state index contributed by atoms with van der Waals surface area (Å²) in [5.74, 6) is 0. The van der Waals surface area contributed by atoms with Gasteiger partial charge in [0.1, 0.15) is 0 Å². The average Bonchev–Trinajstić information content (AvgIpc) is 1.81. The Morgan fingerprint density at radius 2 is 1.62 bits per heavy atom. The Morgan fingerprint density at radius 1 is 1.23 bits per heavy atom. The third-order valence-electron chi connectivity index (χ3n) is 2.09. The van der Waals surface area contributed by atoms with Gasteiger partial charge >= 0.3 is 0 Å². The highest BCUT2D eigenvalue weighted by molar-refractivity contribution is 7.91. The molecule has 0 saturated heterocycles. The van der Waals surface area contributed by atoms with Gasteiger partial charge < -0.3 is 5.73 Å². The molecule has 0 aromatic carbocycles. The molecule has 0 spiro atoms. The van der Waals surface area contributed by atoms with E-state index in [4.69, 9.17) is 17.0 Å². The summed E-state index contributed by atoms with van der Waals surface area (Å²) in [4.78, 5) is 0. The van der Waals surface area contributed by atoms with Crippen LogP contribution in [0.3, 0.4) is 0 Å². The number of halogens is 1. The van der Waals surface area contributed by atoms with Crippen LogP contribution in [0, 0.1) is 0 Å². The van der Waals surface area contributed by atoms with E-state index in [1.54, 1.807) is 0 Å². The van der Waals surface area contributed by atoms with Crippen LogP contribution < -0.4 is 5.73 Å². The predicted octanol–water partition coefficient (Wildman–Crippen LogP) is 3.51. The van der Waals surface area contributed by atoms with Crippen molar-refractivity contribution in [3.8, 4) is 0 Å². The van der Waals surface area contributed by atoms with Crippen LogP contribution in [-0.2, 0) is 0 Å². The molecule has 13 heavy (non-hydrogen) atoms. The zero-order chi connectivity index (χ0) is 10.9. The monoisotopic (exact) mass is 224 g/mol. The summed E-state index contributed by atoms with van der Waals surface area (Å²) in [5, 5.41) is -0.0676. The van der Waals surface area contributed by atoms with Crippen LogP contribution in [0.2, 0.25) is 0 Å². The lowest BCUT2D eigenvalue weighted by molar-refractivity contribution is 0.584. The highest BCUT2D eigenvalue weighted by Crippen LogP contribution is 2.63. The Balaban J connectivity index is 5.08. The second-order valence-corrected chi connectivity index (χ2v) is 10.2. The molecule has 0 bridgehead atoms. The molecule has 0 rings (SSSR count). The van der Waals surface area contributed by atoms with Gasteiger partial charge in [-0.2, -0.15) is 0 Å². The Bertz CT molecular complexity index is 222. The van der Waals surface area contributed by atoms with Crippen molar-refractivity contribution in [2.45, 2.75) is 45.3 Å². The Kier molecular flexibility index (Phi) is 4.07. The summed E-state index contributed by atoms with van der Waals surface area (Å²) in [7, 11) is 0. The third-order valence-corrected chi connectivity index (χ3v) is 7.06. The van der Waals surface area contributed by atoms with Crippen LogP contribution in [0.1, 0.15) is 34.6 Å². The van der Waals surface area contributed by atoms with Gasteiger partial charge in [0.05, 0.1) is 11.9 Å². The quantitative estimate of drug-likeness (QED) is 0.717. The molecule has 0 amide bonds. The lowest BCUT2D eigenvalue weighted by atomic mass is 10.1. The van der Waals surface area contributed by atoms with Crippen molar-refractivity contribution < 1.29 is 0 Å². The zero-order valence-corrected chi connectivity index (χ0v) is 11.2. The molecule has 80 valence electrons. The predicted molar refractivity (Wildman–Crippen MR) is 64.0 cm³/mol. The minimum atomic E-state index is -1.79. The van der Waals surface area contributed by atoms with Gasteiger partial charge in [0.25, 0.3) is 0 Å². The highest BCUT2D eigenvalue weighted by atomic mass is 35.7. The summed E-state index contributed by atoms with van der Waals surface area (Å²) in [6.45, 7) is 13.0. The normalized spacial score (nSPS) is 18.2. The van der Waals surface area contributed by atoms with E-state index in [-0.39, 0.29) is 10.7 Å². The molecule has 1 unspecified atom stereocenters. The molecule has 0 fully saturated rings. The van der Waals surface area contributed by atoms with Crippen LogP contribution >= 0.6 is 17.6 Å². The van der Waals surface area contributed by atoms with E-state index >= 15 is 0 Å². The number of hydrogen-bond acceptors (Lipinski definition) is 2. The molecule has 0 saturated carbocycles. The summed E-state index contributed by atoms with van der Waals surface area (Å²) in [6, 6.07) is 0.